The average molecular weight is 365 g/mol. The Hall–Kier alpha value is -2.54. The number of ether oxygens (including phenoxy) is 2. The zero-order chi connectivity index (χ0) is 18.7. The second-order valence-electron chi connectivity index (χ2n) is 5.96. The van der Waals surface area contributed by atoms with Gasteiger partial charge in [0.25, 0.3) is 5.91 Å². The Labute approximate surface area is 149 Å². The minimum absolute atomic E-state index is 0.246. The number of nitrogens with zero attached hydrogens (tertiary/aromatic N) is 1. The molecule has 1 atom stereocenters. The molecule has 1 heterocycles. The van der Waals surface area contributed by atoms with E-state index in [4.69, 9.17) is 4.74 Å². The third kappa shape index (κ3) is 3.99. The van der Waals surface area contributed by atoms with Crippen LogP contribution in [0.2, 0.25) is 0 Å². The Morgan fingerprint density at radius 1 is 1.15 bits per heavy atom. The van der Waals surface area contributed by atoms with Crippen molar-refractivity contribution in [3.8, 4) is 5.75 Å². The van der Waals surface area contributed by atoms with Crippen LogP contribution in [0, 0.1) is 0 Å². The molecular formula is C19H18F3NO3. The third-order valence-corrected chi connectivity index (χ3v) is 4.23. The summed E-state index contributed by atoms with van der Waals surface area (Å²) in [7, 11) is 1.46. The maximum atomic E-state index is 13.0. The van der Waals surface area contributed by atoms with Gasteiger partial charge in [-0.2, -0.15) is 0 Å². The first kappa shape index (κ1) is 18.3. The Morgan fingerprint density at radius 3 is 2.54 bits per heavy atom. The van der Waals surface area contributed by atoms with Gasteiger partial charge in [-0.1, -0.05) is 30.3 Å². The van der Waals surface area contributed by atoms with Gasteiger partial charge in [0, 0.05) is 19.3 Å². The predicted octanol–water partition coefficient (Wildman–Crippen LogP) is 4.25. The van der Waals surface area contributed by atoms with E-state index in [-0.39, 0.29) is 11.7 Å². The molecular weight excluding hydrogens is 347 g/mol. The van der Waals surface area contributed by atoms with E-state index < -0.39 is 12.5 Å². The summed E-state index contributed by atoms with van der Waals surface area (Å²) in [5.41, 5.74) is 1.96. The van der Waals surface area contributed by atoms with Crippen molar-refractivity contribution in [1.82, 2.24) is 0 Å². The molecule has 0 aromatic heterocycles. The number of carbonyl (C=O) groups is 1. The van der Waals surface area contributed by atoms with Crippen molar-refractivity contribution in [2.75, 3.05) is 18.6 Å². The number of carbonyl (C=O) groups excluding carboxylic acids is 1. The lowest BCUT2D eigenvalue weighted by atomic mass is 9.99. The van der Waals surface area contributed by atoms with Crippen LogP contribution in [-0.4, -0.2) is 25.9 Å². The normalized spacial score (nSPS) is 15.3. The molecule has 2 aromatic carbocycles. The van der Waals surface area contributed by atoms with Crippen LogP contribution in [0.25, 0.3) is 0 Å². The number of halogens is 3. The number of anilines is 1. The highest BCUT2D eigenvalue weighted by Gasteiger charge is 2.33. The molecule has 0 saturated carbocycles. The fourth-order valence-electron chi connectivity index (χ4n) is 3.15. The minimum atomic E-state index is -4.74. The van der Waals surface area contributed by atoms with Crippen LogP contribution in [0.15, 0.2) is 48.5 Å². The summed E-state index contributed by atoms with van der Waals surface area (Å²) in [4.78, 5) is 14.6. The van der Waals surface area contributed by atoms with Gasteiger partial charge >= 0.3 is 6.36 Å². The van der Waals surface area contributed by atoms with E-state index in [1.165, 1.54) is 25.3 Å². The molecule has 4 nitrogen and oxygen atoms in total. The van der Waals surface area contributed by atoms with Gasteiger partial charge in [0.1, 0.15) is 5.75 Å². The number of aryl methyl sites for hydroxylation is 1. The highest BCUT2D eigenvalue weighted by atomic mass is 19.4. The van der Waals surface area contributed by atoms with E-state index in [0.717, 1.165) is 5.56 Å². The maximum absolute atomic E-state index is 13.0. The first-order chi connectivity index (χ1) is 12.4. The SMILES string of the molecule is COC(C(=O)N1CCCc2cc(OC(F)(F)F)ccc21)c1ccccc1. The number of fused-ring (bicyclic) bond motifs is 1. The van der Waals surface area contributed by atoms with Crippen LogP contribution in [-0.2, 0) is 16.0 Å². The molecule has 1 aliphatic rings. The van der Waals surface area contributed by atoms with Crippen molar-refractivity contribution in [3.05, 3.63) is 59.7 Å². The molecule has 1 aliphatic heterocycles. The van der Waals surface area contributed by atoms with Crippen molar-refractivity contribution in [2.24, 2.45) is 0 Å². The lowest BCUT2D eigenvalue weighted by Crippen LogP contribution is -2.39. The number of amides is 1. The van der Waals surface area contributed by atoms with Crippen LogP contribution >= 0.6 is 0 Å². The number of benzene rings is 2. The summed E-state index contributed by atoms with van der Waals surface area (Å²) < 4.78 is 46.6. The van der Waals surface area contributed by atoms with Gasteiger partial charge in [0.05, 0.1) is 0 Å². The standard InChI is InChI=1S/C19H18F3NO3/c1-25-17(13-6-3-2-4-7-13)18(24)23-11-5-8-14-12-15(9-10-16(14)23)26-19(20,21)22/h2-4,6-7,9-10,12,17H,5,8,11H2,1H3. The number of alkyl halides is 3. The molecule has 0 radical (unpaired) electrons. The second kappa shape index (κ2) is 7.37. The Bertz CT molecular complexity index is 777. The fourth-order valence-corrected chi connectivity index (χ4v) is 3.15. The first-order valence-electron chi connectivity index (χ1n) is 8.17. The smallest absolute Gasteiger partial charge is 0.406 e. The monoisotopic (exact) mass is 365 g/mol. The molecule has 1 amide bonds. The molecule has 7 heteroatoms. The van der Waals surface area contributed by atoms with E-state index >= 15 is 0 Å². The molecule has 0 aliphatic carbocycles. The van der Waals surface area contributed by atoms with Crippen LogP contribution in [0.1, 0.15) is 23.7 Å². The molecule has 0 fully saturated rings. The molecule has 0 spiro atoms. The quantitative estimate of drug-likeness (QED) is 0.813. The average Bonchev–Trinajstić information content (AvgIpc) is 2.61. The van der Waals surface area contributed by atoms with E-state index in [1.807, 2.05) is 18.2 Å². The van der Waals surface area contributed by atoms with Gasteiger partial charge in [-0.3, -0.25) is 4.79 Å². The number of methoxy groups -OCH3 is 1. The van der Waals surface area contributed by atoms with Crippen LogP contribution < -0.4 is 9.64 Å². The zero-order valence-electron chi connectivity index (χ0n) is 14.1. The summed E-state index contributed by atoms with van der Waals surface area (Å²) in [5, 5.41) is 0. The molecule has 0 bridgehead atoms. The molecule has 0 N–H and O–H groups in total. The van der Waals surface area contributed by atoms with E-state index in [9.17, 15) is 18.0 Å². The maximum Gasteiger partial charge on any atom is 0.573 e. The number of hydrogen-bond donors (Lipinski definition) is 0. The van der Waals surface area contributed by atoms with Gasteiger partial charge in [-0.05, 0) is 42.2 Å². The highest BCUT2D eigenvalue weighted by molar-refractivity contribution is 5.98. The molecule has 2 aromatic rings. The third-order valence-electron chi connectivity index (χ3n) is 4.23. The van der Waals surface area contributed by atoms with Crippen molar-refractivity contribution >= 4 is 11.6 Å². The molecule has 138 valence electrons. The van der Waals surface area contributed by atoms with Crippen LogP contribution in [0.5, 0.6) is 5.75 Å². The summed E-state index contributed by atoms with van der Waals surface area (Å²) >= 11 is 0. The Kier molecular flexibility index (Phi) is 5.18. The lowest BCUT2D eigenvalue weighted by Gasteiger charge is -2.32. The lowest BCUT2D eigenvalue weighted by molar-refractivity contribution is -0.274. The highest BCUT2D eigenvalue weighted by Crippen LogP contribution is 2.34. The second-order valence-corrected chi connectivity index (χ2v) is 5.96. The summed E-state index contributed by atoms with van der Waals surface area (Å²) in [6.45, 7) is 0.484. The fraction of sp³-hybridized carbons (Fsp3) is 0.316. The molecule has 1 unspecified atom stereocenters. The van der Waals surface area contributed by atoms with Gasteiger partial charge < -0.3 is 14.4 Å². The first-order valence-corrected chi connectivity index (χ1v) is 8.17. The zero-order valence-corrected chi connectivity index (χ0v) is 14.1. The van der Waals surface area contributed by atoms with Gasteiger partial charge in [0.2, 0.25) is 0 Å². The molecule has 26 heavy (non-hydrogen) atoms. The number of rotatable bonds is 4. The Balaban J connectivity index is 1.88. The van der Waals surface area contributed by atoms with Gasteiger partial charge in [-0.25, -0.2) is 0 Å². The van der Waals surface area contributed by atoms with Gasteiger partial charge in [-0.15, -0.1) is 13.2 Å². The van der Waals surface area contributed by atoms with Crippen molar-refractivity contribution in [2.45, 2.75) is 25.3 Å². The summed E-state index contributed by atoms with van der Waals surface area (Å²) in [6.07, 6.45) is -4.28. The van der Waals surface area contributed by atoms with Crippen LogP contribution in [0.3, 0.4) is 0 Å². The van der Waals surface area contributed by atoms with E-state index in [0.29, 0.717) is 30.6 Å². The van der Waals surface area contributed by atoms with Crippen LogP contribution in [0.4, 0.5) is 18.9 Å². The number of hydrogen-bond acceptors (Lipinski definition) is 3. The van der Waals surface area contributed by atoms with Crippen molar-refractivity contribution < 1.29 is 27.4 Å². The van der Waals surface area contributed by atoms with Gasteiger partial charge in [0.15, 0.2) is 6.10 Å². The predicted molar refractivity (Wildman–Crippen MR) is 90.0 cm³/mol. The van der Waals surface area contributed by atoms with E-state index in [2.05, 4.69) is 4.74 Å². The minimum Gasteiger partial charge on any atom is -0.406 e. The van der Waals surface area contributed by atoms with E-state index in [1.54, 1.807) is 17.0 Å². The van der Waals surface area contributed by atoms with Crippen molar-refractivity contribution in [3.63, 3.8) is 0 Å². The Morgan fingerprint density at radius 2 is 1.88 bits per heavy atom. The topological polar surface area (TPSA) is 38.8 Å². The molecule has 0 saturated heterocycles. The largest absolute Gasteiger partial charge is 0.573 e. The summed E-state index contributed by atoms with van der Waals surface area (Å²) in [5.74, 6) is -0.527. The molecule has 3 rings (SSSR count). The summed E-state index contributed by atoms with van der Waals surface area (Å²) in [6, 6.07) is 13.1. The van der Waals surface area contributed by atoms with Crippen molar-refractivity contribution in [1.29, 1.82) is 0 Å².